The molecule has 2 aliphatic rings. The topological polar surface area (TPSA) is 53.1 Å². The van der Waals surface area contributed by atoms with Gasteiger partial charge in [0.05, 0.1) is 16.1 Å². The minimum Gasteiger partial charge on any atom is -0.365 e. The van der Waals surface area contributed by atoms with Crippen molar-refractivity contribution in [3.8, 4) is 0 Å². The molecular formula is C22H23N5S. The number of fused-ring (bicyclic) bond motifs is 2. The van der Waals surface area contributed by atoms with Gasteiger partial charge in [0.2, 0.25) is 0 Å². The number of rotatable bonds is 3. The summed E-state index contributed by atoms with van der Waals surface area (Å²) in [7, 11) is 0. The van der Waals surface area contributed by atoms with Gasteiger partial charge in [0.25, 0.3) is 0 Å². The van der Waals surface area contributed by atoms with E-state index in [1.165, 1.54) is 5.56 Å². The second-order valence-corrected chi connectivity index (χ2v) is 8.48. The van der Waals surface area contributed by atoms with Crippen LogP contribution in [0, 0.1) is 6.92 Å². The van der Waals surface area contributed by atoms with Crippen LogP contribution in [0.3, 0.4) is 0 Å². The molecule has 0 bridgehead atoms. The summed E-state index contributed by atoms with van der Waals surface area (Å²) in [5.74, 6) is 0. The first-order chi connectivity index (χ1) is 13.8. The van der Waals surface area contributed by atoms with E-state index in [4.69, 9.17) is 9.97 Å². The molecule has 5 nitrogen and oxygen atoms in total. The van der Waals surface area contributed by atoms with Gasteiger partial charge < -0.3 is 15.5 Å². The molecule has 5 rings (SSSR count). The van der Waals surface area contributed by atoms with Crippen LogP contribution in [0.4, 0.5) is 5.00 Å². The lowest BCUT2D eigenvalue weighted by Crippen LogP contribution is -2.52. The SMILES string of the molecule is Cc1nc2c(s1)NC=c1cccnc1=C2N1CCNC(Cc2ccccc2)C1. The van der Waals surface area contributed by atoms with Crippen LogP contribution < -0.4 is 21.2 Å². The Morgan fingerprint density at radius 1 is 1.18 bits per heavy atom. The number of hydrogen-bond acceptors (Lipinski definition) is 6. The third-order valence-electron chi connectivity index (χ3n) is 5.28. The number of nitrogens with one attached hydrogen (secondary N) is 2. The first-order valence-corrected chi connectivity index (χ1v) is 10.5. The van der Waals surface area contributed by atoms with E-state index >= 15 is 0 Å². The lowest BCUT2D eigenvalue weighted by atomic mass is 10.0. The van der Waals surface area contributed by atoms with Gasteiger partial charge >= 0.3 is 0 Å². The van der Waals surface area contributed by atoms with Gasteiger partial charge in [-0.2, -0.15) is 0 Å². The Morgan fingerprint density at radius 3 is 2.96 bits per heavy atom. The summed E-state index contributed by atoms with van der Waals surface area (Å²) in [4.78, 5) is 12.1. The van der Waals surface area contributed by atoms with Gasteiger partial charge in [-0.25, -0.2) is 4.98 Å². The van der Waals surface area contributed by atoms with Crippen LogP contribution in [0.5, 0.6) is 0 Å². The van der Waals surface area contributed by atoms with Crippen LogP contribution in [-0.2, 0) is 6.42 Å². The number of anilines is 1. The Labute approximate surface area is 168 Å². The van der Waals surface area contributed by atoms with Crippen molar-refractivity contribution in [3.05, 3.63) is 75.5 Å². The number of aryl methyl sites for hydroxylation is 1. The van der Waals surface area contributed by atoms with Gasteiger partial charge in [0, 0.05) is 43.3 Å². The molecule has 4 heterocycles. The number of thiazole rings is 1. The molecule has 1 fully saturated rings. The van der Waals surface area contributed by atoms with Crippen molar-refractivity contribution in [2.75, 3.05) is 25.0 Å². The zero-order chi connectivity index (χ0) is 18.9. The average molecular weight is 390 g/mol. The highest BCUT2D eigenvalue weighted by atomic mass is 32.1. The van der Waals surface area contributed by atoms with Gasteiger partial charge in [-0.1, -0.05) is 30.3 Å². The van der Waals surface area contributed by atoms with Crippen LogP contribution in [0.25, 0.3) is 11.9 Å². The van der Waals surface area contributed by atoms with E-state index in [-0.39, 0.29) is 0 Å². The van der Waals surface area contributed by atoms with Crippen LogP contribution in [-0.4, -0.2) is 40.5 Å². The van der Waals surface area contributed by atoms with E-state index in [1.54, 1.807) is 11.3 Å². The zero-order valence-electron chi connectivity index (χ0n) is 15.9. The molecule has 1 unspecified atom stereocenters. The number of aromatic nitrogens is 2. The Morgan fingerprint density at radius 2 is 2.07 bits per heavy atom. The van der Waals surface area contributed by atoms with E-state index in [2.05, 4.69) is 65.1 Å². The lowest BCUT2D eigenvalue weighted by molar-refractivity contribution is 0.275. The summed E-state index contributed by atoms with van der Waals surface area (Å²) in [5.41, 5.74) is 3.54. The normalized spacial score (nSPS) is 18.5. The van der Waals surface area contributed by atoms with E-state index in [1.807, 2.05) is 12.3 Å². The smallest absolute Gasteiger partial charge is 0.124 e. The molecule has 142 valence electrons. The maximum atomic E-state index is 4.87. The average Bonchev–Trinajstić information content (AvgIpc) is 3.01. The first kappa shape index (κ1) is 17.4. The summed E-state index contributed by atoms with van der Waals surface area (Å²) in [5, 5.41) is 11.4. The monoisotopic (exact) mass is 389 g/mol. The maximum Gasteiger partial charge on any atom is 0.124 e. The highest BCUT2D eigenvalue weighted by Crippen LogP contribution is 2.31. The second-order valence-electron chi connectivity index (χ2n) is 7.28. The molecule has 0 aliphatic carbocycles. The number of benzene rings is 1. The highest BCUT2D eigenvalue weighted by molar-refractivity contribution is 7.16. The molecule has 0 amide bonds. The van der Waals surface area contributed by atoms with E-state index in [0.717, 1.165) is 58.0 Å². The summed E-state index contributed by atoms with van der Waals surface area (Å²) in [6.45, 7) is 4.91. The van der Waals surface area contributed by atoms with E-state index < -0.39 is 0 Å². The third-order valence-corrected chi connectivity index (χ3v) is 6.18. The molecule has 28 heavy (non-hydrogen) atoms. The minimum absolute atomic E-state index is 0.402. The molecule has 0 radical (unpaired) electrons. The quantitative estimate of drug-likeness (QED) is 0.714. The zero-order valence-corrected chi connectivity index (χ0v) is 16.7. The molecular weight excluding hydrogens is 366 g/mol. The predicted octanol–water partition coefficient (Wildman–Crippen LogP) is 1.68. The number of piperazine rings is 1. The van der Waals surface area contributed by atoms with Gasteiger partial charge in [0.15, 0.2) is 0 Å². The molecule has 0 spiro atoms. The summed E-state index contributed by atoms with van der Waals surface area (Å²) in [6, 6.07) is 15.2. The molecule has 2 N–H and O–H groups in total. The fourth-order valence-corrected chi connectivity index (χ4v) is 4.83. The van der Waals surface area contributed by atoms with E-state index in [9.17, 15) is 0 Å². The number of nitrogens with zero attached hydrogens (tertiary/aromatic N) is 3. The Kier molecular flexibility index (Phi) is 4.58. The molecule has 1 aromatic carbocycles. The van der Waals surface area contributed by atoms with Gasteiger partial charge in [0.1, 0.15) is 10.7 Å². The first-order valence-electron chi connectivity index (χ1n) is 9.70. The predicted molar refractivity (Wildman–Crippen MR) is 114 cm³/mol. The van der Waals surface area contributed by atoms with Crippen molar-refractivity contribution in [1.82, 2.24) is 20.2 Å². The largest absolute Gasteiger partial charge is 0.365 e. The Balaban J connectivity index is 1.55. The number of hydrogen-bond donors (Lipinski definition) is 2. The van der Waals surface area contributed by atoms with Crippen molar-refractivity contribution >= 4 is 28.2 Å². The lowest BCUT2D eigenvalue weighted by Gasteiger charge is -2.36. The molecule has 2 aromatic heterocycles. The van der Waals surface area contributed by atoms with Crippen LogP contribution in [0.1, 0.15) is 16.3 Å². The van der Waals surface area contributed by atoms with Gasteiger partial charge in [-0.15, -0.1) is 11.3 Å². The third kappa shape index (κ3) is 3.30. The molecule has 0 saturated carbocycles. The summed E-state index contributed by atoms with van der Waals surface area (Å²) in [6.07, 6.45) is 4.95. The fraction of sp³-hybridized carbons (Fsp3) is 0.273. The molecule has 6 heteroatoms. The maximum absolute atomic E-state index is 4.87. The molecule has 1 saturated heterocycles. The minimum atomic E-state index is 0.402. The summed E-state index contributed by atoms with van der Waals surface area (Å²) >= 11 is 1.70. The summed E-state index contributed by atoms with van der Waals surface area (Å²) < 4.78 is 0. The van der Waals surface area contributed by atoms with Gasteiger partial charge in [-0.05, 0) is 31.0 Å². The van der Waals surface area contributed by atoms with Crippen molar-refractivity contribution in [2.24, 2.45) is 0 Å². The van der Waals surface area contributed by atoms with Crippen molar-refractivity contribution in [2.45, 2.75) is 19.4 Å². The molecule has 1 atom stereocenters. The van der Waals surface area contributed by atoms with Gasteiger partial charge in [-0.3, -0.25) is 4.98 Å². The van der Waals surface area contributed by atoms with Crippen molar-refractivity contribution in [3.63, 3.8) is 0 Å². The second kappa shape index (κ2) is 7.37. The Hall–Kier alpha value is -2.70. The number of pyridine rings is 1. The van der Waals surface area contributed by atoms with Crippen LogP contribution in [0.15, 0.2) is 48.7 Å². The highest BCUT2D eigenvalue weighted by Gasteiger charge is 2.27. The van der Waals surface area contributed by atoms with Crippen LogP contribution >= 0.6 is 11.3 Å². The van der Waals surface area contributed by atoms with Crippen molar-refractivity contribution < 1.29 is 0 Å². The molecule has 2 aliphatic heterocycles. The standard InChI is InChI=1S/C22H23N5S/c1-15-26-20-21(19-17(8-5-9-24-19)13-25-22(20)28-15)27-11-10-23-18(14-27)12-16-6-3-2-4-7-16/h2-9,13,18,23,25H,10-12,14H2,1H3. The van der Waals surface area contributed by atoms with Crippen molar-refractivity contribution in [1.29, 1.82) is 0 Å². The Bertz CT molecular complexity index is 1110. The van der Waals surface area contributed by atoms with E-state index in [0.29, 0.717) is 6.04 Å². The fourth-order valence-electron chi connectivity index (χ4n) is 4.04. The van der Waals surface area contributed by atoms with Crippen LogP contribution in [0.2, 0.25) is 0 Å². The molecule has 3 aromatic rings.